The smallest absolute Gasteiger partial charge is 0.134 e. The molecule has 0 aliphatic carbocycles. The van der Waals surface area contributed by atoms with Gasteiger partial charge in [0.15, 0.2) is 0 Å². The van der Waals surface area contributed by atoms with Gasteiger partial charge in [0.05, 0.1) is 0 Å². The minimum Gasteiger partial charge on any atom is -0.328 e. The molecule has 0 aromatic carbocycles. The number of ketones is 1. The van der Waals surface area contributed by atoms with E-state index in [1.165, 1.54) is 0 Å². The standard InChI is InChI=1S/C9H19NO/c1-4-7(2)5-9(11)6-8(3)10/h7-8H,4-6,10H2,1-3H3. The van der Waals surface area contributed by atoms with Crippen LogP contribution in [-0.2, 0) is 4.79 Å². The number of carbonyl (C=O) groups excluding carboxylic acids is 1. The first-order valence-corrected chi connectivity index (χ1v) is 4.33. The van der Waals surface area contributed by atoms with Crippen molar-refractivity contribution in [1.82, 2.24) is 0 Å². The molecule has 0 aliphatic heterocycles. The Morgan fingerprint density at radius 3 is 2.27 bits per heavy atom. The molecular formula is C9H19NO. The van der Waals surface area contributed by atoms with Crippen molar-refractivity contribution in [3.63, 3.8) is 0 Å². The predicted molar refractivity (Wildman–Crippen MR) is 47.3 cm³/mol. The third-order valence-electron chi connectivity index (χ3n) is 1.82. The molecule has 0 aliphatic rings. The van der Waals surface area contributed by atoms with Crippen LogP contribution in [0.15, 0.2) is 0 Å². The lowest BCUT2D eigenvalue weighted by atomic mass is 9.99. The van der Waals surface area contributed by atoms with E-state index in [2.05, 4.69) is 13.8 Å². The molecule has 0 aromatic rings. The summed E-state index contributed by atoms with van der Waals surface area (Å²) < 4.78 is 0. The molecule has 0 aromatic heterocycles. The summed E-state index contributed by atoms with van der Waals surface area (Å²) in [5.74, 6) is 0.815. The summed E-state index contributed by atoms with van der Waals surface area (Å²) in [7, 11) is 0. The van der Waals surface area contributed by atoms with Crippen LogP contribution < -0.4 is 5.73 Å². The molecule has 0 saturated carbocycles. The highest BCUT2D eigenvalue weighted by Crippen LogP contribution is 2.08. The van der Waals surface area contributed by atoms with E-state index in [1.807, 2.05) is 6.92 Å². The average molecular weight is 157 g/mol. The monoisotopic (exact) mass is 157 g/mol. The van der Waals surface area contributed by atoms with Crippen LogP contribution in [0.3, 0.4) is 0 Å². The van der Waals surface area contributed by atoms with Crippen LogP contribution in [0.2, 0.25) is 0 Å². The highest BCUT2D eigenvalue weighted by Gasteiger charge is 2.08. The third kappa shape index (κ3) is 6.05. The van der Waals surface area contributed by atoms with Crippen molar-refractivity contribution in [3.8, 4) is 0 Å². The van der Waals surface area contributed by atoms with Crippen LogP contribution in [0.5, 0.6) is 0 Å². The van der Waals surface area contributed by atoms with Gasteiger partial charge in [-0.1, -0.05) is 20.3 Å². The predicted octanol–water partition coefficient (Wildman–Crippen LogP) is 1.73. The van der Waals surface area contributed by atoms with Crippen LogP contribution in [0.25, 0.3) is 0 Å². The highest BCUT2D eigenvalue weighted by atomic mass is 16.1. The summed E-state index contributed by atoms with van der Waals surface area (Å²) in [5, 5.41) is 0. The van der Waals surface area contributed by atoms with E-state index >= 15 is 0 Å². The molecule has 0 radical (unpaired) electrons. The topological polar surface area (TPSA) is 43.1 Å². The minimum absolute atomic E-state index is 0.0200. The highest BCUT2D eigenvalue weighted by molar-refractivity contribution is 5.79. The molecule has 66 valence electrons. The van der Waals surface area contributed by atoms with E-state index in [-0.39, 0.29) is 6.04 Å². The molecule has 0 saturated heterocycles. The van der Waals surface area contributed by atoms with Gasteiger partial charge in [-0.05, 0) is 12.8 Å². The second-order valence-electron chi connectivity index (χ2n) is 3.44. The largest absolute Gasteiger partial charge is 0.328 e. The van der Waals surface area contributed by atoms with Crippen LogP contribution in [0.4, 0.5) is 0 Å². The molecule has 0 spiro atoms. The van der Waals surface area contributed by atoms with Gasteiger partial charge in [0.2, 0.25) is 0 Å². The molecular weight excluding hydrogens is 138 g/mol. The first-order valence-electron chi connectivity index (χ1n) is 4.33. The number of hydrogen-bond acceptors (Lipinski definition) is 2. The van der Waals surface area contributed by atoms with E-state index in [9.17, 15) is 4.79 Å². The van der Waals surface area contributed by atoms with Crippen molar-refractivity contribution in [2.24, 2.45) is 11.7 Å². The van der Waals surface area contributed by atoms with E-state index in [4.69, 9.17) is 5.73 Å². The Morgan fingerprint density at radius 1 is 1.36 bits per heavy atom. The second kappa shape index (κ2) is 5.30. The van der Waals surface area contributed by atoms with Gasteiger partial charge in [-0.3, -0.25) is 4.79 Å². The maximum atomic E-state index is 11.1. The first-order chi connectivity index (χ1) is 5.06. The molecule has 2 nitrogen and oxygen atoms in total. The van der Waals surface area contributed by atoms with Crippen LogP contribution >= 0.6 is 0 Å². The van der Waals surface area contributed by atoms with E-state index in [0.29, 0.717) is 24.5 Å². The maximum Gasteiger partial charge on any atom is 0.134 e. The van der Waals surface area contributed by atoms with Gasteiger partial charge in [-0.25, -0.2) is 0 Å². The Labute approximate surface area is 69.2 Å². The Morgan fingerprint density at radius 2 is 1.91 bits per heavy atom. The summed E-state index contributed by atoms with van der Waals surface area (Å²) in [6.45, 7) is 6.07. The van der Waals surface area contributed by atoms with Crippen molar-refractivity contribution in [2.45, 2.75) is 46.1 Å². The van der Waals surface area contributed by atoms with Gasteiger partial charge in [-0.2, -0.15) is 0 Å². The summed E-state index contributed by atoms with van der Waals surface area (Å²) in [4.78, 5) is 11.1. The van der Waals surface area contributed by atoms with Crippen LogP contribution in [0.1, 0.15) is 40.0 Å². The Balaban J connectivity index is 3.52. The number of nitrogens with two attached hydrogens (primary N) is 1. The van der Waals surface area contributed by atoms with E-state index in [0.717, 1.165) is 6.42 Å². The van der Waals surface area contributed by atoms with Crippen LogP contribution in [-0.4, -0.2) is 11.8 Å². The summed E-state index contributed by atoms with van der Waals surface area (Å²) in [6.07, 6.45) is 2.30. The fraction of sp³-hybridized carbons (Fsp3) is 0.889. The van der Waals surface area contributed by atoms with Gasteiger partial charge in [0.25, 0.3) is 0 Å². The normalized spacial score (nSPS) is 16.0. The minimum atomic E-state index is 0.0200. The molecule has 0 heterocycles. The molecule has 2 atom stereocenters. The Kier molecular flexibility index (Phi) is 5.12. The third-order valence-corrected chi connectivity index (χ3v) is 1.82. The van der Waals surface area contributed by atoms with Gasteiger partial charge in [-0.15, -0.1) is 0 Å². The molecule has 11 heavy (non-hydrogen) atoms. The molecule has 2 N–H and O–H groups in total. The number of carbonyl (C=O) groups is 1. The maximum absolute atomic E-state index is 11.1. The van der Waals surface area contributed by atoms with Crippen molar-refractivity contribution in [1.29, 1.82) is 0 Å². The lowest BCUT2D eigenvalue weighted by Crippen LogP contribution is -2.20. The molecule has 0 rings (SSSR count). The zero-order valence-electron chi connectivity index (χ0n) is 7.76. The number of Topliss-reactive ketones (excluding diaryl/α,β-unsaturated/α-hetero) is 1. The zero-order valence-corrected chi connectivity index (χ0v) is 7.76. The molecule has 0 amide bonds. The van der Waals surface area contributed by atoms with Gasteiger partial charge >= 0.3 is 0 Å². The fourth-order valence-electron chi connectivity index (χ4n) is 0.975. The second-order valence-corrected chi connectivity index (χ2v) is 3.44. The van der Waals surface area contributed by atoms with Gasteiger partial charge < -0.3 is 5.73 Å². The first kappa shape index (κ1) is 10.6. The Hall–Kier alpha value is -0.370. The number of hydrogen-bond donors (Lipinski definition) is 1. The SMILES string of the molecule is CCC(C)CC(=O)CC(C)N. The van der Waals surface area contributed by atoms with Crippen molar-refractivity contribution in [2.75, 3.05) is 0 Å². The van der Waals surface area contributed by atoms with Crippen LogP contribution in [0, 0.1) is 5.92 Å². The summed E-state index contributed by atoms with van der Waals surface area (Å²) in [5.41, 5.74) is 5.49. The fourth-order valence-corrected chi connectivity index (χ4v) is 0.975. The summed E-state index contributed by atoms with van der Waals surface area (Å²) in [6, 6.07) is 0.0200. The van der Waals surface area contributed by atoms with E-state index < -0.39 is 0 Å². The average Bonchev–Trinajstić information content (AvgIpc) is 1.85. The van der Waals surface area contributed by atoms with Crippen molar-refractivity contribution >= 4 is 5.78 Å². The molecule has 0 bridgehead atoms. The van der Waals surface area contributed by atoms with Crippen molar-refractivity contribution in [3.05, 3.63) is 0 Å². The Bertz CT molecular complexity index is 121. The molecule has 2 heteroatoms. The van der Waals surface area contributed by atoms with E-state index in [1.54, 1.807) is 0 Å². The quantitative estimate of drug-likeness (QED) is 0.660. The molecule has 2 unspecified atom stereocenters. The van der Waals surface area contributed by atoms with Gasteiger partial charge in [0, 0.05) is 18.9 Å². The lowest BCUT2D eigenvalue weighted by molar-refractivity contribution is -0.120. The number of rotatable bonds is 5. The zero-order chi connectivity index (χ0) is 8.85. The summed E-state index contributed by atoms with van der Waals surface area (Å²) >= 11 is 0. The van der Waals surface area contributed by atoms with Gasteiger partial charge in [0.1, 0.15) is 5.78 Å². The van der Waals surface area contributed by atoms with Crippen molar-refractivity contribution < 1.29 is 4.79 Å². The lowest BCUT2D eigenvalue weighted by Gasteiger charge is -2.08. The molecule has 0 fully saturated rings.